The molecule has 1 fully saturated rings. The number of hydrogen-bond acceptors (Lipinski definition) is 2. The molecule has 1 rings (SSSR count). The molecule has 0 aromatic heterocycles. The van der Waals surface area contributed by atoms with Gasteiger partial charge < -0.3 is 10.4 Å². The fourth-order valence-electron chi connectivity index (χ4n) is 2.29. The second-order valence-corrected chi connectivity index (χ2v) is 4.86. The molecule has 2 N–H and O–H groups in total. The Balaban J connectivity index is 2.21. The van der Waals surface area contributed by atoms with Crippen LogP contribution < -0.4 is 5.32 Å². The molecule has 1 aliphatic carbocycles. The minimum Gasteiger partial charge on any atom is -0.389 e. The van der Waals surface area contributed by atoms with Gasteiger partial charge in [0.2, 0.25) is 0 Å². The van der Waals surface area contributed by atoms with Gasteiger partial charge in [0.15, 0.2) is 0 Å². The van der Waals surface area contributed by atoms with Gasteiger partial charge in [-0.15, -0.1) is 0 Å². The van der Waals surface area contributed by atoms with Crippen LogP contribution in [0.4, 0.5) is 0 Å². The Bertz CT molecular complexity index is 152. The highest BCUT2D eigenvalue weighted by atomic mass is 16.3. The first-order chi connectivity index (χ1) is 6.66. The summed E-state index contributed by atoms with van der Waals surface area (Å²) in [5.41, 5.74) is -0.403. The Kier molecular flexibility index (Phi) is 4.90. The number of aliphatic hydroxyl groups is 1. The van der Waals surface area contributed by atoms with Crippen molar-refractivity contribution in [2.24, 2.45) is 0 Å². The Morgan fingerprint density at radius 1 is 1.29 bits per heavy atom. The Hall–Kier alpha value is -0.0800. The van der Waals surface area contributed by atoms with Gasteiger partial charge in [-0.3, -0.25) is 0 Å². The molecule has 0 heterocycles. The van der Waals surface area contributed by atoms with Crippen LogP contribution in [0.15, 0.2) is 0 Å². The van der Waals surface area contributed by atoms with Gasteiger partial charge in [0.1, 0.15) is 0 Å². The highest BCUT2D eigenvalue weighted by Gasteiger charge is 2.28. The monoisotopic (exact) mass is 199 g/mol. The molecule has 0 aromatic carbocycles. The standard InChI is InChI=1S/C12H25NO/c1-3-7-11(2)13-10-12(14)8-5-4-6-9-12/h11,13-14H,3-10H2,1-2H3/t11-/m0/s1. The van der Waals surface area contributed by atoms with Crippen LogP contribution in [0.3, 0.4) is 0 Å². The van der Waals surface area contributed by atoms with Crippen molar-refractivity contribution < 1.29 is 5.11 Å². The van der Waals surface area contributed by atoms with Crippen molar-refractivity contribution in [2.45, 2.75) is 70.4 Å². The van der Waals surface area contributed by atoms with E-state index in [4.69, 9.17) is 0 Å². The minimum absolute atomic E-state index is 0.403. The van der Waals surface area contributed by atoms with E-state index in [1.54, 1.807) is 0 Å². The number of nitrogens with one attached hydrogen (secondary N) is 1. The SMILES string of the molecule is CCC[C@H](C)NCC1(O)CCCCC1. The molecule has 1 aliphatic rings. The summed E-state index contributed by atoms with van der Waals surface area (Å²) in [5.74, 6) is 0. The number of rotatable bonds is 5. The van der Waals surface area contributed by atoms with Crippen LogP contribution in [0.25, 0.3) is 0 Å². The molecule has 1 atom stereocenters. The third kappa shape index (κ3) is 3.97. The maximum Gasteiger partial charge on any atom is 0.0771 e. The van der Waals surface area contributed by atoms with E-state index in [1.165, 1.54) is 32.1 Å². The second-order valence-electron chi connectivity index (χ2n) is 4.86. The van der Waals surface area contributed by atoms with Crippen LogP contribution >= 0.6 is 0 Å². The summed E-state index contributed by atoms with van der Waals surface area (Å²) in [4.78, 5) is 0. The lowest BCUT2D eigenvalue weighted by molar-refractivity contribution is 0.00285. The molecule has 0 unspecified atom stereocenters. The Morgan fingerprint density at radius 2 is 1.93 bits per heavy atom. The van der Waals surface area contributed by atoms with Crippen molar-refractivity contribution in [3.8, 4) is 0 Å². The van der Waals surface area contributed by atoms with Crippen molar-refractivity contribution in [3.63, 3.8) is 0 Å². The summed E-state index contributed by atoms with van der Waals surface area (Å²) in [6.45, 7) is 5.19. The molecular formula is C12H25NO. The summed E-state index contributed by atoms with van der Waals surface area (Å²) in [7, 11) is 0. The summed E-state index contributed by atoms with van der Waals surface area (Å²) >= 11 is 0. The van der Waals surface area contributed by atoms with Gasteiger partial charge in [-0.1, -0.05) is 32.6 Å². The van der Waals surface area contributed by atoms with Crippen molar-refractivity contribution >= 4 is 0 Å². The zero-order chi connectivity index (χ0) is 10.4. The van der Waals surface area contributed by atoms with E-state index >= 15 is 0 Å². The summed E-state index contributed by atoms with van der Waals surface area (Å²) in [5, 5.41) is 13.7. The zero-order valence-corrected chi connectivity index (χ0v) is 9.68. The topological polar surface area (TPSA) is 32.3 Å². The van der Waals surface area contributed by atoms with Crippen molar-refractivity contribution in [3.05, 3.63) is 0 Å². The van der Waals surface area contributed by atoms with Crippen LogP contribution in [0.2, 0.25) is 0 Å². The summed E-state index contributed by atoms with van der Waals surface area (Å²) < 4.78 is 0. The Labute approximate surface area is 88.1 Å². The van der Waals surface area contributed by atoms with Gasteiger partial charge in [-0.25, -0.2) is 0 Å². The first-order valence-corrected chi connectivity index (χ1v) is 6.12. The highest BCUT2D eigenvalue weighted by molar-refractivity contribution is 4.85. The molecule has 2 heteroatoms. The second kappa shape index (κ2) is 5.72. The summed E-state index contributed by atoms with van der Waals surface area (Å²) in [6, 6.07) is 0.547. The third-order valence-electron chi connectivity index (χ3n) is 3.29. The number of hydrogen-bond donors (Lipinski definition) is 2. The predicted molar refractivity (Wildman–Crippen MR) is 60.4 cm³/mol. The van der Waals surface area contributed by atoms with Gasteiger partial charge in [0.25, 0.3) is 0 Å². The van der Waals surface area contributed by atoms with Crippen LogP contribution in [0.1, 0.15) is 58.8 Å². The van der Waals surface area contributed by atoms with Gasteiger partial charge in [-0.05, 0) is 26.2 Å². The Morgan fingerprint density at radius 3 is 2.50 bits per heavy atom. The molecule has 0 aromatic rings. The van der Waals surface area contributed by atoms with E-state index in [9.17, 15) is 5.11 Å². The van der Waals surface area contributed by atoms with E-state index < -0.39 is 5.60 Å². The zero-order valence-electron chi connectivity index (χ0n) is 9.68. The first-order valence-electron chi connectivity index (χ1n) is 6.12. The molecule has 2 nitrogen and oxygen atoms in total. The van der Waals surface area contributed by atoms with E-state index in [2.05, 4.69) is 19.2 Å². The lowest BCUT2D eigenvalue weighted by Crippen LogP contribution is -2.44. The maximum absolute atomic E-state index is 10.2. The minimum atomic E-state index is -0.403. The fraction of sp³-hybridized carbons (Fsp3) is 1.00. The van der Waals surface area contributed by atoms with Gasteiger partial charge in [0, 0.05) is 12.6 Å². The normalized spacial score (nSPS) is 23.4. The maximum atomic E-state index is 10.2. The lowest BCUT2D eigenvalue weighted by atomic mass is 9.84. The van der Waals surface area contributed by atoms with Crippen LogP contribution in [-0.4, -0.2) is 23.3 Å². The smallest absolute Gasteiger partial charge is 0.0771 e. The van der Waals surface area contributed by atoms with E-state index in [0.29, 0.717) is 6.04 Å². The molecule has 0 amide bonds. The first kappa shape index (κ1) is 12.0. The van der Waals surface area contributed by atoms with Crippen LogP contribution in [0, 0.1) is 0 Å². The third-order valence-corrected chi connectivity index (χ3v) is 3.29. The molecule has 0 saturated heterocycles. The van der Waals surface area contributed by atoms with Crippen molar-refractivity contribution in [1.29, 1.82) is 0 Å². The highest BCUT2D eigenvalue weighted by Crippen LogP contribution is 2.27. The molecule has 14 heavy (non-hydrogen) atoms. The summed E-state index contributed by atoms with van der Waals surface area (Å²) in [6.07, 6.45) is 8.08. The van der Waals surface area contributed by atoms with Crippen LogP contribution in [-0.2, 0) is 0 Å². The molecule has 0 spiro atoms. The molecule has 0 radical (unpaired) electrons. The van der Waals surface area contributed by atoms with Gasteiger partial charge in [0.05, 0.1) is 5.60 Å². The predicted octanol–water partition coefficient (Wildman–Crippen LogP) is 2.46. The van der Waals surface area contributed by atoms with E-state index in [1.807, 2.05) is 0 Å². The molecule has 0 bridgehead atoms. The molecule has 84 valence electrons. The van der Waals surface area contributed by atoms with E-state index in [-0.39, 0.29) is 0 Å². The van der Waals surface area contributed by atoms with Crippen molar-refractivity contribution in [2.75, 3.05) is 6.54 Å². The van der Waals surface area contributed by atoms with Gasteiger partial charge in [-0.2, -0.15) is 0 Å². The molecule has 0 aliphatic heterocycles. The van der Waals surface area contributed by atoms with Gasteiger partial charge >= 0.3 is 0 Å². The fourth-order valence-corrected chi connectivity index (χ4v) is 2.29. The van der Waals surface area contributed by atoms with E-state index in [0.717, 1.165) is 19.4 Å². The molecular weight excluding hydrogens is 174 g/mol. The molecule has 1 saturated carbocycles. The largest absolute Gasteiger partial charge is 0.389 e. The lowest BCUT2D eigenvalue weighted by Gasteiger charge is -2.33. The van der Waals surface area contributed by atoms with Crippen molar-refractivity contribution in [1.82, 2.24) is 5.32 Å². The average molecular weight is 199 g/mol. The quantitative estimate of drug-likeness (QED) is 0.713. The average Bonchev–Trinajstić information content (AvgIpc) is 2.17. The van der Waals surface area contributed by atoms with Crippen LogP contribution in [0.5, 0.6) is 0 Å².